The summed E-state index contributed by atoms with van der Waals surface area (Å²) >= 11 is 0. The molecule has 2 aliphatic rings. The largest absolute Gasteiger partial charge is 0.277 e. The first-order chi connectivity index (χ1) is 9.04. The van der Waals surface area contributed by atoms with Crippen LogP contribution in [0.25, 0.3) is 0 Å². The lowest BCUT2D eigenvalue weighted by Crippen LogP contribution is -2.34. The van der Waals surface area contributed by atoms with Gasteiger partial charge in [0.2, 0.25) is 11.8 Å². The van der Waals surface area contributed by atoms with Crippen LogP contribution in [0.2, 0.25) is 0 Å². The van der Waals surface area contributed by atoms with E-state index in [9.17, 15) is 9.59 Å². The topological polar surface area (TPSA) is 37.4 Å². The van der Waals surface area contributed by atoms with Gasteiger partial charge in [-0.05, 0) is 24.3 Å². The second-order valence-corrected chi connectivity index (χ2v) is 6.23. The number of carbonyl (C=O) groups is 2. The Morgan fingerprint density at radius 1 is 1.26 bits per heavy atom. The lowest BCUT2D eigenvalue weighted by molar-refractivity contribution is -0.143. The van der Waals surface area contributed by atoms with Crippen LogP contribution in [0.3, 0.4) is 0 Å². The van der Waals surface area contributed by atoms with Gasteiger partial charge in [-0.2, -0.15) is 0 Å². The minimum Gasteiger partial charge on any atom is -0.277 e. The van der Waals surface area contributed by atoms with Crippen molar-refractivity contribution in [2.45, 2.75) is 33.2 Å². The van der Waals surface area contributed by atoms with Crippen LogP contribution >= 0.6 is 0 Å². The summed E-state index contributed by atoms with van der Waals surface area (Å²) in [7, 11) is 0. The fraction of sp³-hybridized carbons (Fsp3) is 0.500. The van der Waals surface area contributed by atoms with Gasteiger partial charge in [-0.3, -0.25) is 14.5 Å². The molecule has 2 amide bonds. The van der Waals surface area contributed by atoms with Crippen molar-refractivity contribution in [3.63, 3.8) is 0 Å². The summed E-state index contributed by atoms with van der Waals surface area (Å²) < 4.78 is 0. The van der Waals surface area contributed by atoms with Gasteiger partial charge in [0.15, 0.2) is 0 Å². The second kappa shape index (κ2) is 4.19. The van der Waals surface area contributed by atoms with Crippen LogP contribution in [0, 0.1) is 17.3 Å². The maximum atomic E-state index is 12.5. The minimum absolute atomic E-state index is 0.0360. The Kier molecular flexibility index (Phi) is 2.73. The molecule has 3 rings (SSSR count). The summed E-state index contributed by atoms with van der Waals surface area (Å²) in [6.07, 6.45) is 1.61. The Morgan fingerprint density at radius 3 is 2.58 bits per heavy atom. The number of benzene rings is 1. The summed E-state index contributed by atoms with van der Waals surface area (Å²) in [6.45, 7) is 4.65. The van der Waals surface area contributed by atoms with E-state index in [4.69, 9.17) is 0 Å². The van der Waals surface area contributed by atoms with E-state index in [1.807, 2.05) is 30.3 Å². The molecule has 0 spiro atoms. The zero-order valence-corrected chi connectivity index (χ0v) is 11.4. The van der Waals surface area contributed by atoms with Crippen LogP contribution in [0.5, 0.6) is 0 Å². The number of likely N-dealkylation sites (tertiary alicyclic amines) is 1. The Hall–Kier alpha value is -1.64. The molecule has 1 aliphatic heterocycles. The molecule has 2 unspecified atom stereocenters. The van der Waals surface area contributed by atoms with Crippen molar-refractivity contribution in [1.82, 2.24) is 4.90 Å². The number of fused-ring (bicyclic) bond motifs is 1. The normalized spacial score (nSPS) is 29.0. The van der Waals surface area contributed by atoms with Gasteiger partial charge in [-0.25, -0.2) is 0 Å². The molecule has 1 saturated carbocycles. The second-order valence-electron chi connectivity index (χ2n) is 6.23. The quantitative estimate of drug-likeness (QED) is 0.777. The molecule has 1 saturated heterocycles. The van der Waals surface area contributed by atoms with Gasteiger partial charge < -0.3 is 0 Å². The molecular formula is C16H19NO2. The minimum atomic E-state index is -0.347. The summed E-state index contributed by atoms with van der Waals surface area (Å²) in [5.74, 6) is 0.513. The average molecular weight is 257 g/mol. The molecule has 0 aromatic heterocycles. The SMILES string of the molecule is CC(C)CC12CC1C(=O)N(Cc1ccccc1)C2=O. The maximum Gasteiger partial charge on any atom is 0.236 e. The zero-order chi connectivity index (χ0) is 13.6. The third-order valence-corrected chi connectivity index (χ3v) is 4.27. The molecule has 100 valence electrons. The number of imide groups is 1. The van der Waals surface area contributed by atoms with Crippen molar-refractivity contribution >= 4 is 11.8 Å². The molecule has 0 bridgehead atoms. The Labute approximate surface area is 113 Å². The van der Waals surface area contributed by atoms with Crippen molar-refractivity contribution in [2.75, 3.05) is 0 Å². The van der Waals surface area contributed by atoms with E-state index in [-0.39, 0.29) is 23.1 Å². The first-order valence-corrected chi connectivity index (χ1v) is 6.94. The van der Waals surface area contributed by atoms with Gasteiger partial charge in [0, 0.05) is 0 Å². The highest BCUT2D eigenvalue weighted by Crippen LogP contribution is 2.62. The number of hydrogen-bond acceptors (Lipinski definition) is 2. The smallest absolute Gasteiger partial charge is 0.236 e. The van der Waals surface area contributed by atoms with E-state index in [0.29, 0.717) is 12.5 Å². The van der Waals surface area contributed by atoms with Gasteiger partial charge in [0.05, 0.1) is 17.9 Å². The number of carbonyl (C=O) groups excluding carboxylic acids is 2. The molecule has 19 heavy (non-hydrogen) atoms. The van der Waals surface area contributed by atoms with E-state index in [2.05, 4.69) is 13.8 Å². The monoisotopic (exact) mass is 257 g/mol. The maximum absolute atomic E-state index is 12.5. The highest BCUT2D eigenvalue weighted by Gasteiger charge is 2.70. The molecule has 3 nitrogen and oxygen atoms in total. The van der Waals surface area contributed by atoms with Gasteiger partial charge in [-0.1, -0.05) is 44.2 Å². The Morgan fingerprint density at radius 2 is 1.95 bits per heavy atom. The molecule has 2 atom stereocenters. The molecular weight excluding hydrogens is 238 g/mol. The van der Waals surface area contributed by atoms with E-state index < -0.39 is 0 Å². The predicted octanol–water partition coefficient (Wildman–Crippen LogP) is 2.61. The van der Waals surface area contributed by atoms with Gasteiger partial charge >= 0.3 is 0 Å². The molecule has 1 heterocycles. The summed E-state index contributed by atoms with van der Waals surface area (Å²) in [5, 5.41) is 0. The highest BCUT2D eigenvalue weighted by molar-refractivity contribution is 6.11. The number of nitrogens with zero attached hydrogens (tertiary/aromatic N) is 1. The van der Waals surface area contributed by atoms with Crippen LogP contribution in [0.4, 0.5) is 0 Å². The van der Waals surface area contributed by atoms with Crippen LogP contribution < -0.4 is 0 Å². The number of hydrogen-bond donors (Lipinski definition) is 0. The summed E-state index contributed by atoms with van der Waals surface area (Å²) in [6, 6.07) is 9.73. The van der Waals surface area contributed by atoms with Gasteiger partial charge in [-0.15, -0.1) is 0 Å². The first-order valence-electron chi connectivity index (χ1n) is 6.94. The van der Waals surface area contributed by atoms with Crippen LogP contribution in [0.15, 0.2) is 30.3 Å². The van der Waals surface area contributed by atoms with Crippen molar-refractivity contribution in [2.24, 2.45) is 17.3 Å². The van der Waals surface area contributed by atoms with Crippen molar-refractivity contribution < 1.29 is 9.59 Å². The Bertz CT molecular complexity index is 523. The lowest BCUT2D eigenvalue weighted by atomic mass is 9.92. The summed E-state index contributed by atoms with van der Waals surface area (Å²) in [4.78, 5) is 26.2. The first kappa shape index (κ1) is 12.4. The van der Waals surface area contributed by atoms with Crippen LogP contribution in [0.1, 0.15) is 32.3 Å². The van der Waals surface area contributed by atoms with Gasteiger partial charge in [0.25, 0.3) is 0 Å². The number of piperidine rings is 1. The van der Waals surface area contributed by atoms with Crippen LogP contribution in [-0.2, 0) is 16.1 Å². The molecule has 0 radical (unpaired) electrons. The fourth-order valence-electron chi connectivity index (χ4n) is 3.38. The van der Waals surface area contributed by atoms with E-state index >= 15 is 0 Å². The van der Waals surface area contributed by atoms with E-state index in [1.54, 1.807) is 0 Å². The molecule has 2 fully saturated rings. The standard InChI is InChI=1S/C16H19NO2/c1-11(2)8-16-9-13(16)14(18)17(15(16)19)10-12-6-4-3-5-7-12/h3-7,11,13H,8-10H2,1-2H3. The van der Waals surface area contributed by atoms with Crippen molar-refractivity contribution in [3.05, 3.63) is 35.9 Å². The predicted molar refractivity (Wildman–Crippen MR) is 72.0 cm³/mol. The molecule has 0 N–H and O–H groups in total. The average Bonchev–Trinajstić information content (AvgIpc) is 3.06. The van der Waals surface area contributed by atoms with Crippen molar-refractivity contribution in [3.8, 4) is 0 Å². The molecule has 1 aromatic carbocycles. The molecule has 3 heteroatoms. The third-order valence-electron chi connectivity index (χ3n) is 4.27. The van der Waals surface area contributed by atoms with Gasteiger partial charge in [0.1, 0.15) is 0 Å². The number of amides is 2. The highest BCUT2D eigenvalue weighted by atomic mass is 16.2. The third kappa shape index (κ3) is 1.88. The fourth-order valence-corrected chi connectivity index (χ4v) is 3.38. The van der Waals surface area contributed by atoms with Crippen LogP contribution in [-0.4, -0.2) is 16.7 Å². The summed E-state index contributed by atoms with van der Waals surface area (Å²) in [5.41, 5.74) is 0.672. The number of rotatable bonds is 4. The Balaban J connectivity index is 1.78. The van der Waals surface area contributed by atoms with Crippen molar-refractivity contribution in [1.29, 1.82) is 0 Å². The molecule has 1 aromatic rings. The zero-order valence-electron chi connectivity index (χ0n) is 11.4. The van der Waals surface area contributed by atoms with E-state index in [1.165, 1.54) is 4.90 Å². The lowest BCUT2D eigenvalue weighted by Gasteiger charge is -2.20. The molecule has 1 aliphatic carbocycles. The van der Waals surface area contributed by atoms with E-state index in [0.717, 1.165) is 18.4 Å².